The van der Waals surface area contributed by atoms with E-state index in [1.54, 1.807) is 0 Å². The third-order valence-electron chi connectivity index (χ3n) is 3.58. The van der Waals surface area contributed by atoms with Gasteiger partial charge in [-0.15, -0.1) is 0 Å². The van der Waals surface area contributed by atoms with Gasteiger partial charge < -0.3 is 10.2 Å². The first-order chi connectivity index (χ1) is 10.8. The van der Waals surface area contributed by atoms with E-state index < -0.39 is 34.6 Å². The number of carbonyl (C=O) groups excluding carboxylic acids is 2. The van der Waals surface area contributed by atoms with Crippen molar-refractivity contribution in [3.63, 3.8) is 0 Å². The van der Waals surface area contributed by atoms with Crippen LogP contribution in [-0.4, -0.2) is 33.7 Å². The number of carboxylic acids is 2. The summed E-state index contributed by atoms with van der Waals surface area (Å²) in [5, 5.41) is 18.5. The van der Waals surface area contributed by atoms with Crippen molar-refractivity contribution in [2.75, 3.05) is 0 Å². The summed E-state index contributed by atoms with van der Waals surface area (Å²) in [6, 6.07) is 6.00. The fourth-order valence-corrected chi connectivity index (χ4v) is 2.69. The molecule has 7 heteroatoms. The first kappa shape index (κ1) is 14.9. The van der Waals surface area contributed by atoms with Gasteiger partial charge in [0, 0.05) is 27.3 Å². The molecule has 6 nitrogen and oxygen atoms in total. The topological polar surface area (TPSA) is 109 Å². The van der Waals surface area contributed by atoms with Crippen LogP contribution in [0, 0.1) is 0 Å². The zero-order valence-electron chi connectivity index (χ0n) is 11.3. The molecule has 114 valence electrons. The average molecular weight is 331 g/mol. The Hall–Kier alpha value is -2.99. The predicted molar refractivity (Wildman–Crippen MR) is 78.7 cm³/mol. The normalized spacial score (nSPS) is 12.6. The molecular weight excluding hydrogens is 324 g/mol. The summed E-state index contributed by atoms with van der Waals surface area (Å²) >= 11 is 5.83. The fourth-order valence-electron chi connectivity index (χ4n) is 2.52. The first-order valence-electron chi connectivity index (χ1n) is 6.35. The summed E-state index contributed by atoms with van der Waals surface area (Å²) in [4.78, 5) is 47.4. The molecule has 0 amide bonds. The van der Waals surface area contributed by atoms with E-state index in [4.69, 9.17) is 21.8 Å². The molecule has 0 bridgehead atoms. The molecule has 0 aliphatic heterocycles. The van der Waals surface area contributed by atoms with Crippen LogP contribution in [0.5, 0.6) is 0 Å². The van der Waals surface area contributed by atoms with E-state index in [0.717, 1.165) is 12.1 Å². The standard InChI is InChI=1S/C16H7ClO6/c17-6-1-2-7-8(3-6)14(19)10-5-12(16(22)23)11(15(20)21)4-9(10)13(7)18/h1-5H,(H,20,21)(H,22,23). The average Bonchev–Trinajstić information content (AvgIpc) is 2.51. The van der Waals surface area contributed by atoms with Crippen LogP contribution in [0.2, 0.25) is 5.02 Å². The van der Waals surface area contributed by atoms with Crippen molar-refractivity contribution in [1.82, 2.24) is 0 Å². The lowest BCUT2D eigenvalue weighted by Gasteiger charge is -2.18. The van der Waals surface area contributed by atoms with Crippen LogP contribution < -0.4 is 0 Å². The number of fused-ring (bicyclic) bond motifs is 2. The van der Waals surface area contributed by atoms with Gasteiger partial charge in [-0.05, 0) is 30.3 Å². The number of rotatable bonds is 2. The van der Waals surface area contributed by atoms with Gasteiger partial charge in [-0.3, -0.25) is 9.59 Å². The Bertz CT molecular complexity index is 928. The van der Waals surface area contributed by atoms with E-state index in [1.807, 2.05) is 0 Å². The van der Waals surface area contributed by atoms with Crippen molar-refractivity contribution < 1.29 is 29.4 Å². The van der Waals surface area contributed by atoms with Gasteiger partial charge in [-0.2, -0.15) is 0 Å². The molecule has 0 saturated heterocycles. The fraction of sp³-hybridized carbons (Fsp3) is 0. The number of aromatic carboxylic acids is 2. The van der Waals surface area contributed by atoms with Gasteiger partial charge in [0.1, 0.15) is 0 Å². The molecule has 0 fully saturated rings. The Labute approximate surface area is 133 Å². The van der Waals surface area contributed by atoms with E-state index >= 15 is 0 Å². The van der Waals surface area contributed by atoms with Crippen molar-refractivity contribution >= 4 is 35.1 Å². The minimum Gasteiger partial charge on any atom is -0.478 e. The number of carboxylic acid groups (broad SMARTS) is 2. The highest BCUT2D eigenvalue weighted by Crippen LogP contribution is 2.31. The SMILES string of the molecule is O=C(O)c1cc2c(cc1C(=O)O)C(=O)c1cc(Cl)ccc1C2=O. The van der Waals surface area contributed by atoms with Gasteiger partial charge in [-0.25, -0.2) is 9.59 Å². The van der Waals surface area contributed by atoms with Gasteiger partial charge in [0.2, 0.25) is 0 Å². The summed E-state index contributed by atoms with van der Waals surface area (Å²) in [6.45, 7) is 0. The van der Waals surface area contributed by atoms with Crippen LogP contribution in [0.25, 0.3) is 0 Å². The number of benzene rings is 2. The van der Waals surface area contributed by atoms with Crippen molar-refractivity contribution in [2.24, 2.45) is 0 Å². The lowest BCUT2D eigenvalue weighted by molar-refractivity contribution is 0.0651. The molecule has 0 heterocycles. The Balaban J connectivity index is 2.33. The molecule has 3 rings (SSSR count). The third kappa shape index (κ3) is 2.20. The molecule has 0 unspecified atom stereocenters. The van der Waals surface area contributed by atoms with Crippen molar-refractivity contribution in [1.29, 1.82) is 0 Å². The Morgan fingerprint density at radius 3 is 1.65 bits per heavy atom. The molecule has 0 aromatic heterocycles. The lowest BCUT2D eigenvalue weighted by atomic mass is 9.82. The van der Waals surface area contributed by atoms with Crippen molar-refractivity contribution in [3.05, 3.63) is 68.7 Å². The monoisotopic (exact) mass is 330 g/mol. The van der Waals surface area contributed by atoms with E-state index in [9.17, 15) is 19.2 Å². The molecule has 23 heavy (non-hydrogen) atoms. The van der Waals surface area contributed by atoms with Gasteiger partial charge >= 0.3 is 11.9 Å². The lowest BCUT2D eigenvalue weighted by Crippen LogP contribution is -2.23. The summed E-state index contributed by atoms with van der Waals surface area (Å²) < 4.78 is 0. The maximum absolute atomic E-state index is 12.5. The minimum atomic E-state index is -1.50. The largest absolute Gasteiger partial charge is 0.478 e. The molecule has 0 spiro atoms. The first-order valence-corrected chi connectivity index (χ1v) is 6.72. The van der Waals surface area contributed by atoms with Crippen molar-refractivity contribution in [2.45, 2.75) is 0 Å². The third-order valence-corrected chi connectivity index (χ3v) is 3.81. The van der Waals surface area contributed by atoms with Gasteiger partial charge in [0.05, 0.1) is 11.1 Å². The van der Waals surface area contributed by atoms with E-state index in [2.05, 4.69) is 0 Å². The second kappa shape index (κ2) is 5.03. The molecule has 2 aromatic rings. The van der Waals surface area contributed by atoms with Crippen LogP contribution in [0.4, 0.5) is 0 Å². The van der Waals surface area contributed by atoms with Crippen molar-refractivity contribution in [3.8, 4) is 0 Å². The van der Waals surface area contributed by atoms with E-state index in [1.165, 1.54) is 18.2 Å². The highest BCUT2D eigenvalue weighted by Gasteiger charge is 2.32. The second-order valence-electron chi connectivity index (χ2n) is 4.90. The quantitative estimate of drug-likeness (QED) is 0.747. The summed E-state index contributed by atoms with van der Waals surface area (Å²) in [5.74, 6) is -4.11. The number of ketones is 2. The summed E-state index contributed by atoms with van der Waals surface area (Å²) in [6.07, 6.45) is 0. The van der Waals surface area contributed by atoms with Crippen LogP contribution in [0.1, 0.15) is 52.6 Å². The van der Waals surface area contributed by atoms with Gasteiger partial charge in [0.15, 0.2) is 11.6 Å². The Kier molecular flexibility index (Phi) is 3.26. The minimum absolute atomic E-state index is 0.0643. The van der Waals surface area contributed by atoms with E-state index in [0.29, 0.717) is 0 Å². The van der Waals surface area contributed by atoms with Crippen LogP contribution in [0.3, 0.4) is 0 Å². The summed E-state index contributed by atoms with van der Waals surface area (Å²) in [7, 11) is 0. The van der Waals surface area contributed by atoms with Gasteiger partial charge in [0.25, 0.3) is 0 Å². The highest BCUT2D eigenvalue weighted by atomic mass is 35.5. The maximum Gasteiger partial charge on any atom is 0.336 e. The zero-order chi connectivity index (χ0) is 16.9. The smallest absolute Gasteiger partial charge is 0.336 e. The molecule has 0 saturated carbocycles. The molecule has 0 atom stereocenters. The summed E-state index contributed by atoms with van der Waals surface area (Å²) in [5.41, 5.74) is -1.21. The number of hydrogen-bond donors (Lipinski definition) is 2. The molecule has 0 radical (unpaired) electrons. The predicted octanol–water partition coefficient (Wildman–Crippen LogP) is 2.51. The molecular formula is C16H7ClO6. The van der Waals surface area contributed by atoms with Crippen LogP contribution >= 0.6 is 11.6 Å². The zero-order valence-corrected chi connectivity index (χ0v) is 12.0. The molecule has 1 aliphatic rings. The highest BCUT2D eigenvalue weighted by molar-refractivity contribution is 6.33. The number of hydrogen-bond acceptors (Lipinski definition) is 4. The van der Waals surface area contributed by atoms with Crippen LogP contribution in [0.15, 0.2) is 30.3 Å². The maximum atomic E-state index is 12.5. The second-order valence-corrected chi connectivity index (χ2v) is 5.34. The molecule has 2 N–H and O–H groups in total. The molecule has 1 aliphatic carbocycles. The van der Waals surface area contributed by atoms with Crippen LogP contribution in [-0.2, 0) is 0 Å². The number of halogens is 1. The molecule has 2 aromatic carbocycles. The Morgan fingerprint density at radius 1 is 0.739 bits per heavy atom. The number of carbonyl (C=O) groups is 4. The van der Waals surface area contributed by atoms with E-state index in [-0.39, 0.29) is 27.3 Å². The van der Waals surface area contributed by atoms with Gasteiger partial charge in [-0.1, -0.05) is 11.6 Å². The Morgan fingerprint density at radius 2 is 1.17 bits per heavy atom.